The first-order valence-corrected chi connectivity index (χ1v) is 4.12. The minimum Gasteiger partial charge on any atom is -0.370 e. The lowest BCUT2D eigenvalue weighted by Crippen LogP contribution is -2.44. The molecular weight excluding hydrogens is 172 g/mol. The second-order valence-electron chi connectivity index (χ2n) is 2.12. The van der Waals surface area contributed by atoms with Gasteiger partial charge in [0.2, 0.25) is 5.91 Å². The maximum Gasteiger partial charge on any atom is 0.250 e. The molecule has 0 saturated carbocycles. The summed E-state index contributed by atoms with van der Waals surface area (Å²) in [4.78, 5) is 20.8. The van der Waals surface area contributed by atoms with Crippen molar-refractivity contribution in [2.24, 2.45) is 17.3 Å². The molecule has 2 amide bonds. The van der Waals surface area contributed by atoms with Crippen LogP contribution in [0.15, 0.2) is 0 Å². The van der Waals surface area contributed by atoms with Crippen LogP contribution in [0, 0.1) is 0 Å². The fourth-order valence-corrected chi connectivity index (χ4v) is 0.536. The van der Waals surface area contributed by atoms with Crippen molar-refractivity contribution in [3.05, 3.63) is 0 Å². The van der Waals surface area contributed by atoms with E-state index in [4.69, 9.17) is 17.3 Å². The molecule has 0 aromatic carbocycles. The first-order valence-electron chi connectivity index (χ1n) is 4.12. The van der Waals surface area contributed by atoms with Crippen molar-refractivity contribution in [3.8, 4) is 0 Å². The summed E-state index contributed by atoms with van der Waals surface area (Å²) in [6.45, 7) is 4.00. The molecule has 0 radical (unpaired) electrons. The molecule has 0 aromatic rings. The van der Waals surface area contributed by atoms with E-state index in [1.54, 1.807) is 0 Å². The monoisotopic (exact) mass is 190 g/mol. The zero-order valence-corrected chi connectivity index (χ0v) is 8.04. The molecule has 0 aliphatic carbocycles. The molecule has 0 heterocycles. The number of nitrogens with two attached hydrogens (primary N) is 3. The van der Waals surface area contributed by atoms with E-state index in [0.717, 1.165) is 0 Å². The molecule has 0 bridgehead atoms. The zero-order chi connectivity index (χ0) is 10.9. The Bertz CT molecular complexity index is 161. The van der Waals surface area contributed by atoms with E-state index < -0.39 is 17.9 Å². The first-order chi connectivity index (χ1) is 6.07. The Hall–Kier alpha value is -1.14. The second kappa shape index (κ2) is 8.95. The van der Waals surface area contributed by atoms with Crippen molar-refractivity contribution in [2.45, 2.75) is 32.7 Å². The lowest BCUT2D eigenvalue weighted by molar-refractivity contribution is -0.122. The van der Waals surface area contributed by atoms with Crippen molar-refractivity contribution < 1.29 is 9.59 Å². The number of hydrazine groups is 1. The van der Waals surface area contributed by atoms with E-state index in [2.05, 4.69) is 0 Å². The summed E-state index contributed by atoms with van der Waals surface area (Å²) < 4.78 is 0. The molecule has 0 spiro atoms. The highest BCUT2D eigenvalue weighted by Gasteiger charge is 2.11. The van der Waals surface area contributed by atoms with Crippen molar-refractivity contribution in [1.82, 2.24) is 5.43 Å². The smallest absolute Gasteiger partial charge is 0.250 e. The first kappa shape index (κ1) is 14.4. The predicted octanol–water partition coefficient (Wildman–Crippen LogP) is -1.40. The van der Waals surface area contributed by atoms with E-state index in [9.17, 15) is 9.59 Å². The van der Waals surface area contributed by atoms with Crippen LogP contribution in [-0.4, -0.2) is 17.9 Å². The van der Waals surface area contributed by atoms with Crippen molar-refractivity contribution in [1.29, 1.82) is 0 Å². The maximum absolute atomic E-state index is 10.6. The van der Waals surface area contributed by atoms with Gasteiger partial charge in [-0.15, -0.1) is 0 Å². The van der Waals surface area contributed by atoms with Crippen LogP contribution in [0.4, 0.5) is 0 Å². The Morgan fingerprint density at radius 2 is 1.85 bits per heavy atom. The van der Waals surface area contributed by atoms with Gasteiger partial charge < -0.3 is 11.5 Å². The fraction of sp³-hybridized carbons (Fsp3) is 0.714. The van der Waals surface area contributed by atoms with Crippen molar-refractivity contribution in [2.75, 3.05) is 0 Å². The van der Waals surface area contributed by atoms with Crippen LogP contribution >= 0.6 is 0 Å². The predicted molar refractivity (Wildman–Crippen MR) is 50.1 cm³/mol. The molecule has 13 heavy (non-hydrogen) atoms. The second-order valence-corrected chi connectivity index (χ2v) is 2.12. The van der Waals surface area contributed by atoms with Crippen LogP contribution in [0.3, 0.4) is 0 Å². The lowest BCUT2D eigenvalue weighted by Gasteiger charge is -2.06. The highest BCUT2D eigenvalue weighted by Crippen LogP contribution is 1.92. The van der Waals surface area contributed by atoms with Gasteiger partial charge in [0.1, 0.15) is 0 Å². The van der Waals surface area contributed by atoms with Gasteiger partial charge >= 0.3 is 0 Å². The van der Waals surface area contributed by atoms with Crippen LogP contribution in [0.2, 0.25) is 0 Å². The number of nitrogens with one attached hydrogen (secondary N) is 1. The summed E-state index contributed by atoms with van der Waals surface area (Å²) >= 11 is 0. The van der Waals surface area contributed by atoms with Gasteiger partial charge in [-0.1, -0.05) is 13.8 Å². The number of carbonyl (C=O) groups is 2. The number of hydrogen-bond donors (Lipinski definition) is 4. The van der Waals surface area contributed by atoms with E-state index in [1.165, 1.54) is 0 Å². The summed E-state index contributed by atoms with van der Waals surface area (Å²) in [5.74, 6) is 3.81. The molecule has 6 heteroatoms. The Kier molecular flexibility index (Phi) is 9.91. The molecular formula is C7H18N4O2. The Morgan fingerprint density at radius 3 is 2.15 bits per heavy atom. The topological polar surface area (TPSA) is 124 Å². The fourth-order valence-electron chi connectivity index (χ4n) is 0.536. The highest BCUT2D eigenvalue weighted by molar-refractivity contribution is 5.82. The van der Waals surface area contributed by atoms with E-state index in [-0.39, 0.29) is 12.8 Å². The molecule has 6 nitrogen and oxygen atoms in total. The van der Waals surface area contributed by atoms with Crippen LogP contribution in [0.5, 0.6) is 0 Å². The molecule has 78 valence electrons. The van der Waals surface area contributed by atoms with Gasteiger partial charge in [-0.2, -0.15) is 0 Å². The Labute approximate surface area is 77.8 Å². The standard InChI is InChI=1S/C5H12N4O2.C2H6/c6-3(5(11)9-8)1-2-4(7)10;1-2/h3H,1-2,6,8H2,(H2,7,10)(H,9,11);1-2H3/t3-;/m0./s1. The Balaban J connectivity index is 0. The number of amides is 2. The average Bonchev–Trinajstić information content (AvgIpc) is 2.16. The average molecular weight is 190 g/mol. The highest BCUT2D eigenvalue weighted by atomic mass is 16.2. The van der Waals surface area contributed by atoms with Gasteiger partial charge in [0, 0.05) is 6.42 Å². The normalized spacial score (nSPS) is 10.8. The minimum atomic E-state index is -0.757. The number of hydrogen-bond acceptors (Lipinski definition) is 4. The minimum absolute atomic E-state index is 0.0919. The number of primary amides is 1. The summed E-state index contributed by atoms with van der Waals surface area (Å²) in [6.07, 6.45) is 0.312. The third-order valence-corrected chi connectivity index (χ3v) is 1.18. The zero-order valence-electron chi connectivity index (χ0n) is 8.04. The van der Waals surface area contributed by atoms with Gasteiger partial charge in [0.05, 0.1) is 6.04 Å². The lowest BCUT2D eigenvalue weighted by atomic mass is 10.1. The van der Waals surface area contributed by atoms with Gasteiger partial charge in [0.25, 0.3) is 5.91 Å². The van der Waals surface area contributed by atoms with Gasteiger partial charge in [0.15, 0.2) is 0 Å². The maximum atomic E-state index is 10.6. The quantitative estimate of drug-likeness (QED) is 0.247. The number of rotatable bonds is 4. The molecule has 0 aromatic heterocycles. The summed E-state index contributed by atoms with van der Waals surface area (Å²) in [5, 5.41) is 0. The molecule has 0 saturated heterocycles. The molecule has 7 N–H and O–H groups in total. The van der Waals surface area contributed by atoms with Gasteiger partial charge in [-0.05, 0) is 6.42 Å². The van der Waals surface area contributed by atoms with Gasteiger partial charge in [-0.3, -0.25) is 15.0 Å². The van der Waals surface area contributed by atoms with Crippen LogP contribution in [0.25, 0.3) is 0 Å². The van der Waals surface area contributed by atoms with Crippen LogP contribution < -0.4 is 22.7 Å². The van der Waals surface area contributed by atoms with E-state index in [0.29, 0.717) is 0 Å². The van der Waals surface area contributed by atoms with E-state index >= 15 is 0 Å². The molecule has 0 aliphatic rings. The third kappa shape index (κ3) is 8.77. The summed E-state index contributed by atoms with van der Waals surface area (Å²) in [5.41, 5.74) is 12.0. The largest absolute Gasteiger partial charge is 0.370 e. The van der Waals surface area contributed by atoms with Crippen molar-refractivity contribution in [3.63, 3.8) is 0 Å². The summed E-state index contributed by atoms with van der Waals surface area (Å²) in [6, 6.07) is -0.757. The third-order valence-electron chi connectivity index (χ3n) is 1.18. The molecule has 0 unspecified atom stereocenters. The number of carbonyl (C=O) groups excluding carboxylic acids is 2. The summed E-state index contributed by atoms with van der Waals surface area (Å²) in [7, 11) is 0. The van der Waals surface area contributed by atoms with Crippen LogP contribution in [0.1, 0.15) is 26.7 Å². The Morgan fingerprint density at radius 1 is 1.38 bits per heavy atom. The van der Waals surface area contributed by atoms with Crippen LogP contribution in [-0.2, 0) is 9.59 Å². The van der Waals surface area contributed by atoms with Gasteiger partial charge in [-0.25, -0.2) is 5.84 Å². The SMILES string of the molecule is CC.NNC(=O)[C@@H](N)CCC(N)=O. The molecule has 0 rings (SSSR count). The van der Waals surface area contributed by atoms with E-state index in [1.807, 2.05) is 19.3 Å². The molecule has 0 aliphatic heterocycles. The molecule has 0 fully saturated rings. The van der Waals surface area contributed by atoms with Crippen molar-refractivity contribution >= 4 is 11.8 Å². The molecule has 1 atom stereocenters.